The zero-order valence-corrected chi connectivity index (χ0v) is 24.0. The summed E-state index contributed by atoms with van der Waals surface area (Å²) in [6.45, 7) is 5.78. The second-order valence-corrected chi connectivity index (χ2v) is 12.7. The van der Waals surface area contributed by atoms with Crippen molar-refractivity contribution in [3.05, 3.63) is 29.9 Å². The number of esters is 1. The molecule has 3 fully saturated rings. The number of aromatic nitrogens is 2. The lowest BCUT2D eigenvalue weighted by Gasteiger charge is -2.59. The molecule has 0 radical (unpaired) electrons. The fourth-order valence-corrected chi connectivity index (χ4v) is 8.60. The molecule has 1 aromatic rings. The van der Waals surface area contributed by atoms with Crippen molar-refractivity contribution in [3.8, 4) is 0 Å². The smallest absolute Gasteiger partial charge is 0.328 e. The van der Waals surface area contributed by atoms with Crippen molar-refractivity contribution in [2.75, 3.05) is 13.7 Å². The molecule has 10 nitrogen and oxygen atoms in total. The summed E-state index contributed by atoms with van der Waals surface area (Å²) < 4.78 is 4.82. The van der Waals surface area contributed by atoms with Gasteiger partial charge in [0.1, 0.15) is 11.6 Å². The van der Waals surface area contributed by atoms with Gasteiger partial charge in [-0.15, -0.1) is 0 Å². The van der Waals surface area contributed by atoms with E-state index in [0.29, 0.717) is 29.9 Å². The van der Waals surface area contributed by atoms with Gasteiger partial charge in [0.25, 0.3) is 5.91 Å². The third kappa shape index (κ3) is 4.78. The second kappa shape index (κ2) is 10.8. The number of rotatable bonds is 8. The van der Waals surface area contributed by atoms with E-state index in [-0.39, 0.29) is 29.6 Å². The molecule has 0 unspecified atom stereocenters. The molecule has 1 aromatic heterocycles. The molecule has 4 aliphatic carbocycles. The van der Waals surface area contributed by atoms with Crippen LogP contribution in [0.4, 0.5) is 0 Å². The zero-order chi connectivity index (χ0) is 28.7. The van der Waals surface area contributed by atoms with E-state index in [1.807, 2.05) is 0 Å². The highest BCUT2D eigenvalue weighted by molar-refractivity contribution is 5.96. The standard InChI is InChI=1S/C30H42N4O6/c1-18(35)30(38)12-9-24-22-6-5-19-13-20(7-10-28(19,2)23(22)8-11-29(24,30)3)34-40-16-26(36)33-25(27(37)39-4)14-21-15-31-17-32-21/h13,15,17,22-25,38H,5-12,14,16H2,1-4H3,(H,31,32)(H,33,36)/t22-,23+,24+,25-,28-,29-,30-/m0/s1. The summed E-state index contributed by atoms with van der Waals surface area (Å²) in [5.41, 5.74) is 1.46. The molecule has 3 N–H and O–H groups in total. The summed E-state index contributed by atoms with van der Waals surface area (Å²) in [4.78, 5) is 49.4. The predicted octanol–water partition coefficient (Wildman–Crippen LogP) is 3.27. The molecule has 3 saturated carbocycles. The average molecular weight is 555 g/mol. The maximum atomic E-state index is 12.5. The van der Waals surface area contributed by atoms with Crippen LogP contribution in [0.25, 0.3) is 0 Å². The van der Waals surface area contributed by atoms with Crippen molar-refractivity contribution < 1.29 is 29.1 Å². The first-order chi connectivity index (χ1) is 19.0. The van der Waals surface area contributed by atoms with Crippen molar-refractivity contribution in [2.24, 2.45) is 33.7 Å². The molecular formula is C30H42N4O6. The summed E-state index contributed by atoms with van der Waals surface area (Å²) in [7, 11) is 1.28. The minimum atomic E-state index is -1.19. The quantitative estimate of drug-likeness (QED) is 0.331. The van der Waals surface area contributed by atoms with Gasteiger partial charge >= 0.3 is 5.97 Å². The summed E-state index contributed by atoms with van der Waals surface area (Å²) in [6.07, 6.45) is 12.6. The predicted molar refractivity (Wildman–Crippen MR) is 147 cm³/mol. The first-order valence-corrected chi connectivity index (χ1v) is 14.5. The number of oxime groups is 1. The summed E-state index contributed by atoms with van der Waals surface area (Å²) in [5, 5.41) is 18.3. The van der Waals surface area contributed by atoms with E-state index in [4.69, 9.17) is 9.57 Å². The fraction of sp³-hybridized carbons (Fsp3) is 0.700. The molecule has 218 valence electrons. The molecule has 5 rings (SSSR count). The minimum Gasteiger partial charge on any atom is -0.467 e. The van der Waals surface area contributed by atoms with Crippen molar-refractivity contribution >= 4 is 23.4 Å². The van der Waals surface area contributed by atoms with Crippen LogP contribution in [-0.2, 0) is 30.4 Å². The van der Waals surface area contributed by atoms with Crippen LogP contribution in [-0.4, -0.2) is 63.8 Å². The van der Waals surface area contributed by atoms with Crippen LogP contribution < -0.4 is 5.32 Å². The molecule has 10 heteroatoms. The molecule has 1 amide bonds. The molecule has 7 atom stereocenters. The highest BCUT2D eigenvalue weighted by atomic mass is 16.6. The summed E-state index contributed by atoms with van der Waals surface area (Å²) in [6, 6.07) is -0.856. The van der Waals surface area contributed by atoms with Gasteiger partial charge in [-0.25, -0.2) is 9.78 Å². The molecule has 0 saturated heterocycles. The Morgan fingerprint density at radius 3 is 2.65 bits per heavy atom. The van der Waals surface area contributed by atoms with E-state index in [1.54, 1.807) is 13.1 Å². The zero-order valence-electron chi connectivity index (χ0n) is 24.0. The van der Waals surface area contributed by atoms with Crippen LogP contribution in [0.2, 0.25) is 0 Å². The molecule has 4 aliphatic rings. The van der Waals surface area contributed by atoms with E-state index < -0.39 is 23.5 Å². The Balaban J connectivity index is 1.21. The number of imidazole rings is 1. The normalized spacial score (nSPS) is 36.5. The molecular weight excluding hydrogens is 512 g/mol. The number of aromatic amines is 1. The van der Waals surface area contributed by atoms with Crippen LogP contribution in [0.1, 0.15) is 77.8 Å². The largest absolute Gasteiger partial charge is 0.467 e. The number of hydrogen-bond acceptors (Lipinski definition) is 8. The van der Waals surface area contributed by atoms with Crippen molar-refractivity contribution in [1.82, 2.24) is 15.3 Å². The number of nitrogens with one attached hydrogen (secondary N) is 2. The highest BCUT2D eigenvalue weighted by Crippen LogP contribution is 2.67. The van der Waals surface area contributed by atoms with E-state index >= 15 is 0 Å². The van der Waals surface area contributed by atoms with Crippen LogP contribution in [0.3, 0.4) is 0 Å². The Bertz CT molecular complexity index is 1210. The number of nitrogens with zero attached hydrogens (tertiary/aromatic N) is 2. The lowest BCUT2D eigenvalue weighted by Crippen LogP contribution is -2.57. The van der Waals surface area contributed by atoms with Crippen LogP contribution in [0.5, 0.6) is 0 Å². The molecule has 40 heavy (non-hydrogen) atoms. The number of ether oxygens (including phenoxy) is 1. The Morgan fingerprint density at radius 2 is 1.95 bits per heavy atom. The van der Waals surface area contributed by atoms with Gasteiger partial charge in [-0.05, 0) is 87.5 Å². The van der Waals surface area contributed by atoms with E-state index in [9.17, 15) is 19.5 Å². The second-order valence-electron chi connectivity index (χ2n) is 12.7. The van der Waals surface area contributed by atoms with Crippen molar-refractivity contribution in [1.29, 1.82) is 0 Å². The van der Waals surface area contributed by atoms with Crippen molar-refractivity contribution in [2.45, 2.75) is 90.2 Å². The molecule has 0 aliphatic heterocycles. The fourth-order valence-electron chi connectivity index (χ4n) is 8.60. The first kappa shape index (κ1) is 28.5. The Hall–Kier alpha value is -3.01. The molecule has 0 aromatic carbocycles. The van der Waals surface area contributed by atoms with Gasteiger partial charge in [0, 0.05) is 23.7 Å². The van der Waals surface area contributed by atoms with E-state index in [1.165, 1.54) is 19.0 Å². The van der Waals surface area contributed by atoms with Gasteiger partial charge in [0.15, 0.2) is 12.4 Å². The number of allylic oxidation sites excluding steroid dienone is 2. The van der Waals surface area contributed by atoms with Gasteiger partial charge in [0.05, 0.1) is 19.1 Å². The summed E-state index contributed by atoms with van der Waals surface area (Å²) >= 11 is 0. The number of aliphatic hydroxyl groups is 1. The average Bonchev–Trinajstić information content (AvgIpc) is 3.54. The number of hydrogen-bond donors (Lipinski definition) is 3. The minimum absolute atomic E-state index is 0.0674. The first-order valence-electron chi connectivity index (χ1n) is 14.5. The highest BCUT2D eigenvalue weighted by Gasteiger charge is 2.65. The van der Waals surface area contributed by atoms with Gasteiger partial charge in [0.2, 0.25) is 0 Å². The lowest BCUT2D eigenvalue weighted by molar-refractivity contribution is -0.159. The topological polar surface area (TPSA) is 143 Å². The molecule has 0 spiro atoms. The maximum Gasteiger partial charge on any atom is 0.328 e. The van der Waals surface area contributed by atoms with Gasteiger partial charge in [-0.3, -0.25) is 9.59 Å². The Kier molecular flexibility index (Phi) is 7.67. The van der Waals surface area contributed by atoms with Gasteiger partial charge < -0.3 is 25.0 Å². The molecule has 0 bridgehead atoms. The third-order valence-corrected chi connectivity index (χ3v) is 10.9. The van der Waals surface area contributed by atoms with Gasteiger partial charge in [-0.2, -0.15) is 0 Å². The molecule has 1 heterocycles. The number of carbonyl (C=O) groups is 3. The van der Waals surface area contributed by atoms with Crippen molar-refractivity contribution in [3.63, 3.8) is 0 Å². The van der Waals surface area contributed by atoms with E-state index in [0.717, 1.165) is 50.7 Å². The maximum absolute atomic E-state index is 12.5. The number of ketones is 1. The number of H-pyrrole nitrogens is 1. The SMILES string of the molecule is COC(=O)[C@H](Cc1cnc[nH]1)NC(=O)CON=C1C=C2CC[C@H]3[C@@H](CC[C@@]4(C)[C@@H]3CC[C@]4(O)C(C)=O)[C@@]2(C)CC1. The number of Topliss-reactive ketones (excluding diaryl/α,β-unsaturated/α-hetero) is 1. The number of amides is 1. The number of methoxy groups -OCH3 is 1. The van der Waals surface area contributed by atoms with Crippen LogP contribution >= 0.6 is 0 Å². The Morgan fingerprint density at radius 1 is 1.18 bits per heavy atom. The monoisotopic (exact) mass is 554 g/mol. The van der Waals surface area contributed by atoms with E-state index in [2.05, 4.69) is 40.4 Å². The van der Waals surface area contributed by atoms with Crippen LogP contribution in [0, 0.1) is 28.6 Å². The Labute approximate surface area is 235 Å². The third-order valence-electron chi connectivity index (χ3n) is 10.9. The number of fused-ring (bicyclic) bond motifs is 5. The van der Waals surface area contributed by atoms with Gasteiger partial charge in [-0.1, -0.05) is 24.6 Å². The number of carbonyl (C=O) groups excluding carboxylic acids is 3. The summed E-state index contributed by atoms with van der Waals surface area (Å²) in [5.74, 6) is 0.325. The lowest BCUT2D eigenvalue weighted by atomic mass is 9.46. The van der Waals surface area contributed by atoms with Crippen LogP contribution in [0.15, 0.2) is 29.3 Å².